The number of hydrogen-bond donors (Lipinski definition) is 1. The predicted molar refractivity (Wildman–Crippen MR) is 73.2 cm³/mol. The molecule has 4 nitrogen and oxygen atoms in total. The van der Waals surface area contributed by atoms with E-state index in [1.54, 1.807) is 14.2 Å². The molecule has 2 aromatic rings. The van der Waals surface area contributed by atoms with Gasteiger partial charge in [0.15, 0.2) is 0 Å². The maximum Gasteiger partial charge on any atom is 0.129 e. The van der Waals surface area contributed by atoms with Gasteiger partial charge in [0.25, 0.3) is 0 Å². The molecule has 0 radical (unpaired) electrons. The van der Waals surface area contributed by atoms with E-state index >= 15 is 0 Å². The van der Waals surface area contributed by atoms with Gasteiger partial charge in [0.2, 0.25) is 0 Å². The van der Waals surface area contributed by atoms with Crippen LogP contribution in [0.25, 0.3) is 0 Å². The zero-order valence-corrected chi connectivity index (χ0v) is 11.5. The molecule has 19 heavy (non-hydrogen) atoms. The first kappa shape index (κ1) is 13.6. The van der Waals surface area contributed by atoms with Crippen molar-refractivity contribution in [3.63, 3.8) is 0 Å². The first-order chi connectivity index (χ1) is 9.15. The Hall–Kier alpha value is -1.78. The molecule has 0 saturated heterocycles. The summed E-state index contributed by atoms with van der Waals surface area (Å²) in [6, 6.07) is 9.38. The van der Waals surface area contributed by atoms with E-state index in [1.165, 1.54) is 0 Å². The average molecular weight is 261 g/mol. The molecule has 4 heteroatoms. The van der Waals surface area contributed by atoms with Crippen molar-refractivity contribution >= 4 is 0 Å². The number of aryl methyl sites for hydroxylation is 1. The molecule has 1 heterocycles. The second kappa shape index (κ2) is 5.91. The lowest BCUT2D eigenvalue weighted by Gasteiger charge is -2.12. The Balaban J connectivity index is 2.24. The van der Waals surface area contributed by atoms with Crippen LogP contribution < -0.4 is 10.5 Å². The van der Waals surface area contributed by atoms with E-state index in [2.05, 4.69) is 0 Å². The molecule has 0 spiro atoms. The first-order valence-corrected chi connectivity index (χ1v) is 6.13. The summed E-state index contributed by atoms with van der Waals surface area (Å²) >= 11 is 0. The molecule has 2 N–H and O–H groups in total. The fourth-order valence-electron chi connectivity index (χ4n) is 1.98. The second-order valence-corrected chi connectivity index (χ2v) is 4.44. The van der Waals surface area contributed by atoms with Crippen molar-refractivity contribution < 1.29 is 13.9 Å². The summed E-state index contributed by atoms with van der Waals surface area (Å²) in [5.74, 6) is 2.32. The molecule has 2 rings (SSSR count). The highest BCUT2D eigenvalue weighted by atomic mass is 16.5. The molecule has 0 saturated carbocycles. The van der Waals surface area contributed by atoms with Gasteiger partial charge in [-0.3, -0.25) is 0 Å². The minimum absolute atomic E-state index is 0.305. The van der Waals surface area contributed by atoms with Crippen LogP contribution in [0.4, 0.5) is 0 Å². The van der Waals surface area contributed by atoms with Crippen molar-refractivity contribution in [2.75, 3.05) is 14.2 Å². The van der Waals surface area contributed by atoms with Crippen LogP contribution in [0.5, 0.6) is 5.75 Å². The summed E-state index contributed by atoms with van der Waals surface area (Å²) in [7, 11) is 3.29. The Morgan fingerprint density at radius 1 is 1.21 bits per heavy atom. The van der Waals surface area contributed by atoms with Crippen molar-refractivity contribution in [1.29, 1.82) is 0 Å². The Morgan fingerprint density at radius 3 is 2.68 bits per heavy atom. The van der Waals surface area contributed by atoms with E-state index in [9.17, 15) is 0 Å². The third-order valence-electron chi connectivity index (χ3n) is 3.07. The van der Waals surface area contributed by atoms with Crippen LogP contribution in [-0.4, -0.2) is 14.2 Å². The lowest BCUT2D eigenvalue weighted by atomic mass is 10.0. The van der Waals surface area contributed by atoms with E-state index in [0.717, 1.165) is 28.4 Å². The Labute approximate surface area is 113 Å². The van der Waals surface area contributed by atoms with Crippen molar-refractivity contribution in [3.05, 3.63) is 53.0 Å². The van der Waals surface area contributed by atoms with E-state index < -0.39 is 0 Å². The molecular weight excluding hydrogens is 242 g/mol. The maximum absolute atomic E-state index is 6.21. The Morgan fingerprint density at radius 2 is 2.00 bits per heavy atom. The maximum atomic E-state index is 6.21. The van der Waals surface area contributed by atoms with Crippen LogP contribution in [-0.2, 0) is 11.3 Å². The molecule has 102 valence electrons. The van der Waals surface area contributed by atoms with Crippen LogP contribution in [0.2, 0.25) is 0 Å². The summed E-state index contributed by atoms with van der Waals surface area (Å²) in [6.45, 7) is 2.45. The zero-order chi connectivity index (χ0) is 13.8. The van der Waals surface area contributed by atoms with Crippen molar-refractivity contribution in [2.45, 2.75) is 19.6 Å². The Kier molecular flexibility index (Phi) is 4.24. The molecule has 0 aliphatic rings. The molecule has 1 unspecified atom stereocenters. The number of ether oxygens (including phenoxy) is 2. The molecule has 0 aliphatic heterocycles. The van der Waals surface area contributed by atoms with Crippen LogP contribution in [0, 0.1) is 6.92 Å². The highest BCUT2D eigenvalue weighted by Crippen LogP contribution is 2.27. The largest absolute Gasteiger partial charge is 0.496 e. The number of benzene rings is 1. The van der Waals surface area contributed by atoms with E-state index in [1.807, 2.05) is 37.3 Å². The molecule has 0 aliphatic carbocycles. The SMILES string of the molecule is COCc1ccc(C(N)c2ccc(C)c(OC)c2)o1. The fourth-order valence-corrected chi connectivity index (χ4v) is 1.98. The van der Waals surface area contributed by atoms with Crippen molar-refractivity contribution in [1.82, 2.24) is 0 Å². The zero-order valence-electron chi connectivity index (χ0n) is 11.5. The van der Waals surface area contributed by atoms with Crippen molar-refractivity contribution in [3.8, 4) is 5.75 Å². The van der Waals surface area contributed by atoms with E-state index in [-0.39, 0.29) is 6.04 Å². The number of hydrogen-bond acceptors (Lipinski definition) is 4. The van der Waals surface area contributed by atoms with Gasteiger partial charge >= 0.3 is 0 Å². The highest BCUT2D eigenvalue weighted by Gasteiger charge is 2.14. The predicted octanol–water partition coefficient (Wildman–Crippen LogP) is 2.79. The van der Waals surface area contributed by atoms with Crippen LogP contribution in [0.1, 0.15) is 28.7 Å². The van der Waals surface area contributed by atoms with Gasteiger partial charge < -0.3 is 19.6 Å². The summed E-state index contributed by atoms with van der Waals surface area (Å²) in [5, 5.41) is 0. The Bertz CT molecular complexity index is 548. The summed E-state index contributed by atoms with van der Waals surface area (Å²) in [4.78, 5) is 0. The summed E-state index contributed by atoms with van der Waals surface area (Å²) < 4.78 is 16.0. The van der Waals surface area contributed by atoms with Gasteiger partial charge in [0, 0.05) is 7.11 Å². The number of methoxy groups -OCH3 is 2. The van der Waals surface area contributed by atoms with E-state index in [0.29, 0.717) is 6.61 Å². The molecule has 0 bridgehead atoms. The van der Waals surface area contributed by atoms with Gasteiger partial charge in [-0.25, -0.2) is 0 Å². The van der Waals surface area contributed by atoms with Gasteiger partial charge in [-0.2, -0.15) is 0 Å². The number of nitrogens with two attached hydrogens (primary N) is 1. The number of furan rings is 1. The third kappa shape index (κ3) is 2.97. The minimum Gasteiger partial charge on any atom is -0.496 e. The molecular formula is C15H19NO3. The molecule has 0 amide bonds. The van der Waals surface area contributed by atoms with Gasteiger partial charge in [-0.1, -0.05) is 12.1 Å². The van der Waals surface area contributed by atoms with Gasteiger partial charge in [0.1, 0.15) is 23.9 Å². The monoisotopic (exact) mass is 261 g/mol. The van der Waals surface area contributed by atoms with Crippen LogP contribution in [0.15, 0.2) is 34.7 Å². The molecule has 1 aromatic heterocycles. The quantitative estimate of drug-likeness (QED) is 0.899. The highest BCUT2D eigenvalue weighted by molar-refractivity contribution is 5.39. The van der Waals surface area contributed by atoms with Crippen molar-refractivity contribution in [2.24, 2.45) is 5.73 Å². The third-order valence-corrected chi connectivity index (χ3v) is 3.07. The smallest absolute Gasteiger partial charge is 0.129 e. The van der Waals surface area contributed by atoms with E-state index in [4.69, 9.17) is 19.6 Å². The second-order valence-electron chi connectivity index (χ2n) is 4.44. The van der Waals surface area contributed by atoms with Gasteiger partial charge in [-0.05, 0) is 36.2 Å². The first-order valence-electron chi connectivity index (χ1n) is 6.13. The normalized spacial score (nSPS) is 12.4. The minimum atomic E-state index is -0.305. The molecule has 1 aromatic carbocycles. The standard InChI is InChI=1S/C15H19NO3/c1-10-4-5-11(8-14(10)18-3)15(16)13-7-6-12(19-13)9-17-2/h4-8,15H,9,16H2,1-3H3. The lowest BCUT2D eigenvalue weighted by molar-refractivity contribution is 0.162. The van der Waals surface area contributed by atoms with Gasteiger partial charge in [-0.15, -0.1) is 0 Å². The molecule has 1 atom stereocenters. The molecule has 0 fully saturated rings. The lowest BCUT2D eigenvalue weighted by Crippen LogP contribution is -2.11. The summed E-state index contributed by atoms with van der Waals surface area (Å²) in [5.41, 5.74) is 8.25. The van der Waals surface area contributed by atoms with Crippen LogP contribution in [0.3, 0.4) is 0 Å². The van der Waals surface area contributed by atoms with Gasteiger partial charge in [0.05, 0.1) is 13.2 Å². The topological polar surface area (TPSA) is 57.6 Å². The number of rotatable bonds is 5. The fraction of sp³-hybridized carbons (Fsp3) is 0.333. The summed E-state index contributed by atoms with van der Waals surface area (Å²) in [6.07, 6.45) is 0. The van der Waals surface area contributed by atoms with Crippen LogP contribution >= 0.6 is 0 Å². The average Bonchev–Trinajstić information content (AvgIpc) is 2.87.